The third kappa shape index (κ3) is 3.34. The third-order valence-corrected chi connectivity index (χ3v) is 4.46. The van der Waals surface area contributed by atoms with Crippen LogP contribution in [0.5, 0.6) is 0 Å². The SMILES string of the molecule is Cc1cc(C(=O)N(C)CCC#N)c(C)n1Cc1cccs1. The van der Waals surface area contributed by atoms with E-state index in [1.807, 2.05) is 26.0 Å². The average molecular weight is 301 g/mol. The lowest BCUT2D eigenvalue weighted by atomic mass is 10.2. The molecule has 0 atom stereocenters. The first-order valence-corrected chi connectivity index (χ1v) is 7.74. The first kappa shape index (κ1) is 15.3. The van der Waals surface area contributed by atoms with Gasteiger partial charge in [-0.2, -0.15) is 5.26 Å². The van der Waals surface area contributed by atoms with E-state index in [4.69, 9.17) is 5.26 Å². The van der Waals surface area contributed by atoms with Crippen LogP contribution >= 0.6 is 11.3 Å². The number of aryl methyl sites for hydroxylation is 1. The van der Waals surface area contributed by atoms with E-state index in [9.17, 15) is 4.79 Å². The molecule has 0 aromatic carbocycles. The minimum Gasteiger partial charge on any atom is -0.343 e. The molecule has 0 bridgehead atoms. The molecule has 0 spiro atoms. The van der Waals surface area contributed by atoms with Crippen molar-refractivity contribution in [1.29, 1.82) is 5.26 Å². The zero-order valence-corrected chi connectivity index (χ0v) is 13.4. The zero-order chi connectivity index (χ0) is 15.4. The average Bonchev–Trinajstić information content (AvgIpc) is 3.07. The van der Waals surface area contributed by atoms with Gasteiger partial charge < -0.3 is 9.47 Å². The topological polar surface area (TPSA) is 49.0 Å². The van der Waals surface area contributed by atoms with Crippen molar-refractivity contribution in [2.45, 2.75) is 26.8 Å². The number of hydrogen-bond acceptors (Lipinski definition) is 3. The molecule has 2 rings (SSSR count). The Morgan fingerprint density at radius 2 is 2.24 bits per heavy atom. The van der Waals surface area contributed by atoms with Crippen LogP contribution in [0.1, 0.15) is 33.0 Å². The van der Waals surface area contributed by atoms with Crippen LogP contribution in [0, 0.1) is 25.2 Å². The second-order valence-electron chi connectivity index (χ2n) is 5.09. The number of nitrogens with zero attached hydrogens (tertiary/aromatic N) is 3. The molecule has 0 aliphatic heterocycles. The largest absolute Gasteiger partial charge is 0.343 e. The van der Waals surface area contributed by atoms with Crippen molar-refractivity contribution in [1.82, 2.24) is 9.47 Å². The lowest BCUT2D eigenvalue weighted by molar-refractivity contribution is 0.0797. The van der Waals surface area contributed by atoms with Gasteiger partial charge in [-0.15, -0.1) is 11.3 Å². The van der Waals surface area contributed by atoms with Crippen molar-refractivity contribution in [3.05, 3.63) is 45.4 Å². The van der Waals surface area contributed by atoms with E-state index in [1.165, 1.54) is 4.88 Å². The Labute approximate surface area is 129 Å². The highest BCUT2D eigenvalue weighted by Gasteiger charge is 2.18. The van der Waals surface area contributed by atoms with E-state index in [1.54, 1.807) is 23.3 Å². The van der Waals surface area contributed by atoms with Crippen LogP contribution in [0.15, 0.2) is 23.6 Å². The van der Waals surface area contributed by atoms with Crippen molar-refractivity contribution in [2.24, 2.45) is 0 Å². The Morgan fingerprint density at radius 1 is 1.48 bits per heavy atom. The van der Waals surface area contributed by atoms with Crippen LogP contribution in [0.25, 0.3) is 0 Å². The molecule has 2 aromatic heterocycles. The monoisotopic (exact) mass is 301 g/mol. The third-order valence-electron chi connectivity index (χ3n) is 3.60. The maximum absolute atomic E-state index is 12.4. The van der Waals surface area contributed by atoms with Gasteiger partial charge in [0.25, 0.3) is 5.91 Å². The number of nitriles is 1. The van der Waals surface area contributed by atoms with Gasteiger partial charge in [-0.1, -0.05) is 6.07 Å². The first-order chi connectivity index (χ1) is 10.0. The van der Waals surface area contributed by atoms with E-state index in [0.717, 1.165) is 23.5 Å². The minimum absolute atomic E-state index is 0.0178. The molecule has 2 heterocycles. The van der Waals surface area contributed by atoms with E-state index in [0.29, 0.717) is 13.0 Å². The lowest BCUT2D eigenvalue weighted by Gasteiger charge is -2.15. The number of carbonyl (C=O) groups excluding carboxylic acids is 1. The number of rotatable bonds is 5. The summed E-state index contributed by atoms with van der Waals surface area (Å²) in [5.41, 5.74) is 2.79. The highest BCUT2D eigenvalue weighted by atomic mass is 32.1. The standard InChI is InChI=1S/C16H19N3OS/c1-12-10-15(16(20)18(3)8-5-7-17)13(2)19(12)11-14-6-4-9-21-14/h4,6,9-10H,5,8,11H2,1-3H3. The van der Waals surface area contributed by atoms with Crippen molar-refractivity contribution in [3.63, 3.8) is 0 Å². The van der Waals surface area contributed by atoms with E-state index in [-0.39, 0.29) is 5.91 Å². The number of hydrogen-bond donors (Lipinski definition) is 0. The van der Waals surface area contributed by atoms with Crippen LogP contribution in [0.2, 0.25) is 0 Å². The molecule has 0 saturated heterocycles. The van der Waals surface area contributed by atoms with Crippen molar-refractivity contribution in [3.8, 4) is 6.07 Å². The van der Waals surface area contributed by atoms with E-state index in [2.05, 4.69) is 22.1 Å². The predicted octanol–water partition coefficient (Wildman–Crippen LogP) is 3.20. The summed E-state index contributed by atoms with van der Waals surface area (Å²) in [7, 11) is 1.74. The van der Waals surface area contributed by atoms with Gasteiger partial charge in [-0.3, -0.25) is 4.79 Å². The van der Waals surface area contributed by atoms with Gasteiger partial charge >= 0.3 is 0 Å². The molecule has 0 aliphatic carbocycles. The van der Waals surface area contributed by atoms with Crippen molar-refractivity contribution < 1.29 is 4.79 Å². The van der Waals surface area contributed by atoms with E-state index < -0.39 is 0 Å². The number of amides is 1. The summed E-state index contributed by atoms with van der Waals surface area (Å²) >= 11 is 1.72. The summed E-state index contributed by atoms with van der Waals surface area (Å²) in [5.74, 6) is -0.0178. The molecule has 2 aromatic rings. The molecule has 0 unspecified atom stereocenters. The van der Waals surface area contributed by atoms with Gasteiger partial charge in [0.2, 0.25) is 0 Å². The fraction of sp³-hybridized carbons (Fsp3) is 0.375. The summed E-state index contributed by atoms with van der Waals surface area (Å²) in [5, 5.41) is 10.7. The zero-order valence-electron chi connectivity index (χ0n) is 12.6. The van der Waals surface area contributed by atoms with Crippen LogP contribution < -0.4 is 0 Å². The quantitative estimate of drug-likeness (QED) is 0.851. The highest BCUT2D eigenvalue weighted by Crippen LogP contribution is 2.20. The smallest absolute Gasteiger partial charge is 0.255 e. The number of carbonyl (C=O) groups is 1. The molecule has 0 aliphatic rings. The highest BCUT2D eigenvalue weighted by molar-refractivity contribution is 7.09. The second kappa shape index (κ2) is 6.59. The molecular formula is C16H19N3OS. The normalized spacial score (nSPS) is 10.4. The fourth-order valence-electron chi connectivity index (χ4n) is 2.34. The summed E-state index contributed by atoms with van der Waals surface area (Å²) in [4.78, 5) is 15.3. The molecule has 0 fully saturated rings. The van der Waals surface area contributed by atoms with Gasteiger partial charge in [-0.05, 0) is 31.4 Å². The summed E-state index contributed by atoms with van der Waals surface area (Å²) in [6.45, 7) is 5.26. The van der Waals surface area contributed by atoms with Gasteiger partial charge in [-0.25, -0.2) is 0 Å². The molecule has 5 heteroatoms. The van der Waals surface area contributed by atoms with Crippen molar-refractivity contribution in [2.75, 3.05) is 13.6 Å². The summed E-state index contributed by atoms with van der Waals surface area (Å²) in [6, 6.07) is 8.15. The molecule has 0 saturated carbocycles. The Hall–Kier alpha value is -2.06. The van der Waals surface area contributed by atoms with Crippen LogP contribution in [0.3, 0.4) is 0 Å². The number of thiophene rings is 1. The first-order valence-electron chi connectivity index (χ1n) is 6.86. The van der Waals surface area contributed by atoms with Crippen LogP contribution in [0.4, 0.5) is 0 Å². The maximum atomic E-state index is 12.4. The lowest BCUT2D eigenvalue weighted by Crippen LogP contribution is -2.28. The molecule has 21 heavy (non-hydrogen) atoms. The molecule has 1 amide bonds. The van der Waals surface area contributed by atoms with Gasteiger partial charge in [0.1, 0.15) is 0 Å². The Balaban J connectivity index is 2.22. The predicted molar refractivity (Wildman–Crippen MR) is 84.5 cm³/mol. The Morgan fingerprint density at radius 3 is 2.86 bits per heavy atom. The summed E-state index contributed by atoms with van der Waals surface area (Å²) in [6.07, 6.45) is 0.357. The Bertz CT molecular complexity index is 664. The van der Waals surface area contributed by atoms with Gasteiger partial charge in [0.15, 0.2) is 0 Å². The molecular weight excluding hydrogens is 282 g/mol. The fourth-order valence-corrected chi connectivity index (χ4v) is 3.04. The van der Waals surface area contributed by atoms with Crippen molar-refractivity contribution >= 4 is 17.2 Å². The van der Waals surface area contributed by atoms with Gasteiger partial charge in [0, 0.05) is 29.9 Å². The molecule has 110 valence electrons. The minimum atomic E-state index is -0.0178. The molecule has 0 N–H and O–H groups in total. The van der Waals surface area contributed by atoms with Crippen LogP contribution in [-0.4, -0.2) is 29.0 Å². The summed E-state index contributed by atoms with van der Waals surface area (Å²) < 4.78 is 2.16. The molecule has 0 radical (unpaired) electrons. The molecule has 4 nitrogen and oxygen atoms in total. The van der Waals surface area contributed by atoms with E-state index >= 15 is 0 Å². The van der Waals surface area contributed by atoms with Gasteiger partial charge in [0.05, 0.1) is 24.6 Å². The maximum Gasteiger partial charge on any atom is 0.255 e. The second-order valence-corrected chi connectivity index (χ2v) is 6.12. The Kier molecular flexibility index (Phi) is 4.81. The number of aromatic nitrogens is 1. The van der Waals surface area contributed by atoms with Crippen LogP contribution in [-0.2, 0) is 6.54 Å².